The van der Waals surface area contributed by atoms with Gasteiger partial charge in [-0.15, -0.1) is 0 Å². The topological polar surface area (TPSA) is 41.1 Å². The Morgan fingerprint density at radius 1 is 1.05 bits per heavy atom. The second-order valence-corrected chi connectivity index (χ2v) is 6.20. The highest BCUT2D eigenvalue weighted by molar-refractivity contribution is 9.10. The number of carbonyl (C=O) groups excluding carboxylic acids is 1. The highest BCUT2D eigenvalue weighted by atomic mass is 79.9. The minimum atomic E-state index is -0.0744. The Morgan fingerprint density at radius 3 is 2.35 bits per heavy atom. The molecule has 0 heterocycles. The van der Waals surface area contributed by atoms with Crippen molar-refractivity contribution in [1.29, 1.82) is 0 Å². The maximum absolute atomic E-state index is 11.9. The molecule has 0 aromatic heterocycles. The molecule has 0 saturated heterocycles. The molecule has 0 atom stereocenters. The zero-order chi connectivity index (χ0) is 14.5. The summed E-state index contributed by atoms with van der Waals surface area (Å²) in [5.74, 6) is -0.0744. The molecule has 3 nitrogen and oxygen atoms in total. The van der Waals surface area contributed by atoms with Gasteiger partial charge in [0.15, 0.2) is 0 Å². The van der Waals surface area contributed by atoms with Gasteiger partial charge in [-0.3, -0.25) is 4.79 Å². The van der Waals surface area contributed by atoms with Crippen LogP contribution in [0.15, 0.2) is 51.4 Å². The normalized spacial score (nSPS) is 10.2. The van der Waals surface area contributed by atoms with Gasteiger partial charge in [0, 0.05) is 20.3 Å². The molecule has 0 aliphatic heterocycles. The van der Waals surface area contributed by atoms with Gasteiger partial charge in [-0.2, -0.15) is 0 Å². The Morgan fingerprint density at radius 2 is 1.70 bits per heavy atom. The van der Waals surface area contributed by atoms with E-state index in [-0.39, 0.29) is 12.5 Å². The maximum atomic E-state index is 11.9. The van der Waals surface area contributed by atoms with Crippen LogP contribution in [0.5, 0.6) is 0 Å². The summed E-state index contributed by atoms with van der Waals surface area (Å²) in [5.41, 5.74) is 2.84. The van der Waals surface area contributed by atoms with Gasteiger partial charge in [-0.05, 0) is 55.0 Å². The molecular formula is C15H14Br2N2O. The van der Waals surface area contributed by atoms with Crippen LogP contribution in [-0.2, 0) is 4.79 Å². The van der Waals surface area contributed by atoms with Gasteiger partial charge >= 0.3 is 0 Å². The first-order chi connectivity index (χ1) is 9.54. The Kier molecular flexibility index (Phi) is 5.20. The van der Waals surface area contributed by atoms with Gasteiger partial charge in [0.25, 0.3) is 0 Å². The van der Waals surface area contributed by atoms with Gasteiger partial charge in [0.2, 0.25) is 5.91 Å². The fourth-order valence-corrected chi connectivity index (χ4v) is 2.48. The molecule has 5 heteroatoms. The minimum absolute atomic E-state index is 0.0744. The van der Waals surface area contributed by atoms with E-state index in [9.17, 15) is 4.79 Å². The first kappa shape index (κ1) is 15.1. The summed E-state index contributed by atoms with van der Waals surface area (Å²) < 4.78 is 2.01. The number of carbonyl (C=O) groups is 1. The second-order valence-electron chi connectivity index (χ2n) is 4.37. The van der Waals surface area contributed by atoms with E-state index in [0.717, 1.165) is 25.9 Å². The van der Waals surface area contributed by atoms with E-state index >= 15 is 0 Å². The molecule has 2 aromatic rings. The number of aryl methyl sites for hydroxylation is 1. The molecule has 20 heavy (non-hydrogen) atoms. The van der Waals surface area contributed by atoms with Crippen molar-refractivity contribution in [1.82, 2.24) is 0 Å². The summed E-state index contributed by atoms with van der Waals surface area (Å²) in [6.45, 7) is 2.23. The molecular weight excluding hydrogens is 384 g/mol. The average Bonchev–Trinajstić information content (AvgIpc) is 2.40. The van der Waals surface area contributed by atoms with Crippen molar-refractivity contribution in [2.45, 2.75) is 6.92 Å². The minimum Gasteiger partial charge on any atom is -0.376 e. The fraction of sp³-hybridized carbons (Fsp3) is 0.133. The van der Waals surface area contributed by atoms with Gasteiger partial charge in [0.05, 0.1) is 6.54 Å². The number of rotatable bonds is 4. The van der Waals surface area contributed by atoms with Gasteiger partial charge < -0.3 is 10.6 Å². The van der Waals surface area contributed by atoms with Gasteiger partial charge in [-0.25, -0.2) is 0 Å². The number of hydrogen-bond donors (Lipinski definition) is 2. The van der Waals surface area contributed by atoms with Crippen molar-refractivity contribution in [3.8, 4) is 0 Å². The molecule has 0 bridgehead atoms. The van der Waals surface area contributed by atoms with E-state index in [1.54, 1.807) is 0 Å². The van der Waals surface area contributed by atoms with Crippen LogP contribution in [0.1, 0.15) is 5.56 Å². The molecule has 0 unspecified atom stereocenters. The molecule has 2 aromatic carbocycles. The van der Waals surface area contributed by atoms with E-state index in [1.807, 2.05) is 49.4 Å². The summed E-state index contributed by atoms with van der Waals surface area (Å²) >= 11 is 6.77. The number of halogens is 2. The van der Waals surface area contributed by atoms with Crippen LogP contribution in [-0.4, -0.2) is 12.5 Å². The van der Waals surface area contributed by atoms with Crippen LogP contribution >= 0.6 is 31.9 Å². The standard InChI is InChI=1S/C15H14Br2N2O/c1-10-8-12(17)4-7-14(10)18-9-15(20)19-13-5-2-11(16)3-6-13/h2-8,18H,9H2,1H3,(H,19,20). The summed E-state index contributed by atoms with van der Waals surface area (Å²) in [6, 6.07) is 13.4. The molecule has 2 rings (SSSR count). The number of anilines is 2. The lowest BCUT2D eigenvalue weighted by atomic mass is 10.2. The lowest BCUT2D eigenvalue weighted by Gasteiger charge is -2.10. The first-order valence-electron chi connectivity index (χ1n) is 6.10. The van der Waals surface area contributed by atoms with Crippen molar-refractivity contribution < 1.29 is 4.79 Å². The molecule has 1 amide bonds. The third-order valence-electron chi connectivity index (χ3n) is 2.76. The first-order valence-corrected chi connectivity index (χ1v) is 7.68. The lowest BCUT2D eigenvalue weighted by Crippen LogP contribution is -2.22. The Labute approximate surface area is 135 Å². The molecule has 0 spiro atoms. The number of hydrogen-bond acceptors (Lipinski definition) is 2. The van der Waals surface area contributed by atoms with Crippen molar-refractivity contribution >= 4 is 49.1 Å². The maximum Gasteiger partial charge on any atom is 0.243 e. The van der Waals surface area contributed by atoms with E-state index in [0.29, 0.717) is 0 Å². The molecule has 0 fully saturated rings. The number of benzene rings is 2. The zero-order valence-corrected chi connectivity index (χ0v) is 14.1. The summed E-state index contributed by atoms with van der Waals surface area (Å²) in [7, 11) is 0. The van der Waals surface area contributed by atoms with Crippen molar-refractivity contribution in [2.24, 2.45) is 0 Å². The third-order valence-corrected chi connectivity index (χ3v) is 3.78. The zero-order valence-electron chi connectivity index (χ0n) is 10.9. The summed E-state index contributed by atoms with van der Waals surface area (Å²) in [4.78, 5) is 11.9. The smallest absolute Gasteiger partial charge is 0.243 e. The van der Waals surface area contributed by atoms with Crippen molar-refractivity contribution in [3.63, 3.8) is 0 Å². The lowest BCUT2D eigenvalue weighted by molar-refractivity contribution is -0.114. The monoisotopic (exact) mass is 396 g/mol. The Hall–Kier alpha value is -1.33. The second kappa shape index (κ2) is 6.90. The van der Waals surface area contributed by atoms with E-state index in [2.05, 4.69) is 42.5 Å². The van der Waals surface area contributed by atoms with Gasteiger partial charge in [-0.1, -0.05) is 31.9 Å². The highest BCUT2D eigenvalue weighted by Gasteiger charge is 2.04. The molecule has 2 N–H and O–H groups in total. The molecule has 0 saturated carbocycles. The van der Waals surface area contributed by atoms with Crippen molar-refractivity contribution in [3.05, 3.63) is 57.0 Å². The van der Waals surface area contributed by atoms with Gasteiger partial charge in [0.1, 0.15) is 0 Å². The largest absolute Gasteiger partial charge is 0.376 e. The van der Waals surface area contributed by atoms with Crippen LogP contribution in [0.2, 0.25) is 0 Å². The SMILES string of the molecule is Cc1cc(Br)ccc1NCC(=O)Nc1ccc(Br)cc1. The van der Waals surface area contributed by atoms with Crippen LogP contribution in [0, 0.1) is 6.92 Å². The highest BCUT2D eigenvalue weighted by Crippen LogP contribution is 2.20. The number of nitrogens with one attached hydrogen (secondary N) is 2. The molecule has 0 radical (unpaired) electrons. The fourth-order valence-electron chi connectivity index (χ4n) is 1.74. The summed E-state index contributed by atoms with van der Waals surface area (Å²) in [5, 5.41) is 5.97. The van der Waals surface area contributed by atoms with E-state index in [4.69, 9.17) is 0 Å². The van der Waals surface area contributed by atoms with Crippen molar-refractivity contribution in [2.75, 3.05) is 17.2 Å². The van der Waals surface area contributed by atoms with Crippen LogP contribution in [0.3, 0.4) is 0 Å². The van der Waals surface area contributed by atoms with Crippen LogP contribution in [0.25, 0.3) is 0 Å². The van der Waals surface area contributed by atoms with Crippen LogP contribution in [0.4, 0.5) is 11.4 Å². The summed E-state index contributed by atoms with van der Waals surface area (Å²) in [6.07, 6.45) is 0. The predicted octanol–water partition coefficient (Wildman–Crippen LogP) is 4.57. The third kappa shape index (κ3) is 4.35. The quantitative estimate of drug-likeness (QED) is 0.793. The molecule has 0 aliphatic carbocycles. The number of amides is 1. The average molecular weight is 398 g/mol. The van der Waals surface area contributed by atoms with E-state index in [1.165, 1.54) is 0 Å². The molecule has 0 aliphatic rings. The van der Waals surface area contributed by atoms with E-state index < -0.39 is 0 Å². The molecule has 104 valence electrons. The Balaban J connectivity index is 1.90. The Bertz CT molecular complexity index is 612. The predicted molar refractivity (Wildman–Crippen MR) is 90.1 cm³/mol. The van der Waals surface area contributed by atoms with Crippen LogP contribution < -0.4 is 10.6 Å².